The van der Waals surface area contributed by atoms with Gasteiger partial charge in [-0.15, -0.1) is 0 Å². The van der Waals surface area contributed by atoms with E-state index in [1.165, 1.54) is 76.8 Å². The third-order valence-electron chi connectivity index (χ3n) is 11.8. The molecule has 0 N–H and O–H groups in total. The largest absolute Gasteiger partial charge is 0.292 e. The van der Waals surface area contributed by atoms with Crippen LogP contribution in [0.1, 0.15) is 30.4 Å². The molecule has 0 amide bonds. The van der Waals surface area contributed by atoms with Crippen LogP contribution >= 0.6 is 0 Å². The first kappa shape index (κ1) is 32.4. The van der Waals surface area contributed by atoms with Gasteiger partial charge in [0.05, 0.1) is 11.0 Å². The molecule has 0 saturated heterocycles. The van der Waals surface area contributed by atoms with Crippen LogP contribution < -0.4 is 0 Å². The van der Waals surface area contributed by atoms with E-state index < -0.39 is 0 Å². The number of nitrogens with zero attached hydrogens (tertiary/aromatic N) is 2. The van der Waals surface area contributed by atoms with Gasteiger partial charge in [0.1, 0.15) is 5.82 Å². The molecule has 56 heavy (non-hydrogen) atoms. The molecule has 0 bridgehead atoms. The molecule has 0 aliphatic heterocycles. The topological polar surface area (TPSA) is 17.8 Å². The van der Waals surface area contributed by atoms with Gasteiger partial charge in [-0.2, -0.15) is 0 Å². The molecular weight excluding hydrogens is 677 g/mol. The van der Waals surface area contributed by atoms with E-state index in [0.29, 0.717) is 5.92 Å². The standard InChI is InChI=1S/C54H38N2/c1-35-12-11-15-41-33-43(29-30-45(35)41)52-46-18-7-8-19-47(46)53(42-27-24-36-13-5-6-14-39(36)32-42)49-34-40(28-31-48(49)52)37-22-25-38(26-23-37)54-55-50-20-9-10-21-51(50)56(54)44-16-3-2-4-17-44/h2-11,13-35H,12H2,1H3. The summed E-state index contributed by atoms with van der Waals surface area (Å²) in [7, 11) is 0. The van der Waals surface area contributed by atoms with Crippen molar-refractivity contribution in [3.63, 3.8) is 0 Å². The Morgan fingerprint density at radius 3 is 1.95 bits per heavy atom. The summed E-state index contributed by atoms with van der Waals surface area (Å²) in [5.41, 5.74) is 14.4. The van der Waals surface area contributed by atoms with E-state index in [9.17, 15) is 0 Å². The fraction of sp³-hybridized carbons (Fsp3) is 0.0556. The Morgan fingerprint density at radius 1 is 0.482 bits per heavy atom. The number of para-hydroxylation sites is 3. The summed E-state index contributed by atoms with van der Waals surface area (Å²) in [5.74, 6) is 1.46. The van der Waals surface area contributed by atoms with Crippen molar-refractivity contribution >= 4 is 49.4 Å². The number of hydrogen-bond acceptors (Lipinski definition) is 1. The highest BCUT2D eigenvalue weighted by atomic mass is 15.1. The van der Waals surface area contributed by atoms with Gasteiger partial charge in [0.2, 0.25) is 0 Å². The summed E-state index contributed by atoms with van der Waals surface area (Å²) in [5, 5.41) is 7.54. The molecule has 1 atom stereocenters. The third-order valence-corrected chi connectivity index (χ3v) is 11.8. The SMILES string of the molecule is CC1CC=Cc2cc(-c3c4ccccc4c(-c4ccc5ccccc5c4)c4cc(-c5ccc(-c6nc7ccccc7n6-c6ccccc6)cc5)ccc34)ccc21. The fourth-order valence-electron chi connectivity index (χ4n) is 9.04. The van der Waals surface area contributed by atoms with Crippen molar-refractivity contribution in [2.45, 2.75) is 19.3 Å². The first-order chi connectivity index (χ1) is 27.7. The normalized spacial score (nSPS) is 13.8. The van der Waals surface area contributed by atoms with Gasteiger partial charge < -0.3 is 0 Å². The van der Waals surface area contributed by atoms with E-state index in [-0.39, 0.29) is 0 Å². The molecule has 0 saturated carbocycles. The second kappa shape index (κ2) is 13.1. The van der Waals surface area contributed by atoms with Gasteiger partial charge in [0.25, 0.3) is 0 Å². The van der Waals surface area contributed by atoms with Crippen LogP contribution in [0.4, 0.5) is 0 Å². The minimum absolute atomic E-state index is 0.527. The number of aromatic nitrogens is 2. The van der Waals surface area contributed by atoms with Crippen molar-refractivity contribution in [2.24, 2.45) is 0 Å². The van der Waals surface area contributed by atoms with E-state index in [4.69, 9.17) is 4.98 Å². The Morgan fingerprint density at radius 2 is 1.11 bits per heavy atom. The van der Waals surface area contributed by atoms with Crippen LogP contribution in [0.3, 0.4) is 0 Å². The maximum atomic E-state index is 5.13. The lowest BCUT2D eigenvalue weighted by Crippen LogP contribution is -2.00. The molecule has 1 unspecified atom stereocenters. The van der Waals surface area contributed by atoms with Crippen molar-refractivity contribution < 1.29 is 0 Å². The summed E-state index contributed by atoms with van der Waals surface area (Å²) >= 11 is 0. The molecule has 2 nitrogen and oxygen atoms in total. The molecule has 1 aliphatic carbocycles. The lowest BCUT2D eigenvalue weighted by Gasteiger charge is -2.21. The van der Waals surface area contributed by atoms with Crippen molar-refractivity contribution in [1.82, 2.24) is 9.55 Å². The van der Waals surface area contributed by atoms with E-state index in [0.717, 1.165) is 34.5 Å². The zero-order chi connectivity index (χ0) is 37.2. The molecule has 264 valence electrons. The zero-order valence-corrected chi connectivity index (χ0v) is 31.2. The van der Waals surface area contributed by atoms with Crippen LogP contribution in [-0.4, -0.2) is 9.55 Å². The number of rotatable bonds is 5. The van der Waals surface area contributed by atoms with Gasteiger partial charge in [-0.05, 0) is 132 Å². The highest BCUT2D eigenvalue weighted by Crippen LogP contribution is 2.46. The van der Waals surface area contributed by atoms with Gasteiger partial charge in [0.15, 0.2) is 0 Å². The molecule has 2 heteroatoms. The van der Waals surface area contributed by atoms with Crippen molar-refractivity contribution in [2.75, 3.05) is 0 Å². The molecule has 0 spiro atoms. The molecule has 1 aliphatic rings. The maximum absolute atomic E-state index is 5.13. The Kier molecular flexibility index (Phi) is 7.57. The molecule has 1 aromatic heterocycles. The van der Waals surface area contributed by atoms with E-state index in [1.54, 1.807) is 0 Å². The first-order valence-electron chi connectivity index (χ1n) is 19.6. The number of imidazole rings is 1. The Balaban J connectivity index is 1.12. The monoisotopic (exact) mass is 714 g/mol. The average molecular weight is 715 g/mol. The highest BCUT2D eigenvalue weighted by molar-refractivity contribution is 6.22. The molecule has 1 heterocycles. The lowest BCUT2D eigenvalue weighted by atomic mass is 9.82. The second-order valence-electron chi connectivity index (χ2n) is 15.2. The average Bonchev–Trinajstić information content (AvgIpc) is 3.65. The van der Waals surface area contributed by atoms with Crippen molar-refractivity contribution in [3.8, 4) is 50.5 Å². The van der Waals surface area contributed by atoms with E-state index in [1.807, 2.05) is 0 Å². The third kappa shape index (κ3) is 5.29. The zero-order valence-electron chi connectivity index (χ0n) is 31.2. The predicted octanol–water partition coefficient (Wildman–Crippen LogP) is 14.7. The number of fused-ring (bicyclic) bond motifs is 5. The van der Waals surface area contributed by atoms with E-state index >= 15 is 0 Å². The smallest absolute Gasteiger partial charge is 0.145 e. The minimum Gasteiger partial charge on any atom is -0.292 e. The first-order valence-corrected chi connectivity index (χ1v) is 19.6. The Bertz CT molecular complexity index is 3170. The molecular formula is C54H38N2. The summed E-state index contributed by atoms with van der Waals surface area (Å²) < 4.78 is 2.26. The Hall–Kier alpha value is -7.03. The molecule has 10 aromatic rings. The number of benzene rings is 9. The fourth-order valence-corrected chi connectivity index (χ4v) is 9.04. The number of allylic oxidation sites excluding steroid dienone is 1. The number of hydrogen-bond donors (Lipinski definition) is 0. The second-order valence-corrected chi connectivity index (χ2v) is 15.2. The minimum atomic E-state index is 0.527. The molecule has 0 fully saturated rings. The predicted molar refractivity (Wildman–Crippen MR) is 237 cm³/mol. The van der Waals surface area contributed by atoms with E-state index in [2.05, 4.69) is 206 Å². The summed E-state index contributed by atoms with van der Waals surface area (Å²) in [4.78, 5) is 5.13. The van der Waals surface area contributed by atoms with Gasteiger partial charge in [-0.25, -0.2) is 4.98 Å². The highest BCUT2D eigenvalue weighted by Gasteiger charge is 2.20. The van der Waals surface area contributed by atoms with Crippen molar-refractivity contribution in [1.29, 1.82) is 0 Å². The summed E-state index contributed by atoms with van der Waals surface area (Å²) in [6.45, 7) is 2.33. The van der Waals surface area contributed by atoms with Crippen LogP contribution in [0.5, 0.6) is 0 Å². The van der Waals surface area contributed by atoms with Crippen LogP contribution in [0.2, 0.25) is 0 Å². The van der Waals surface area contributed by atoms with Crippen LogP contribution in [0.15, 0.2) is 188 Å². The lowest BCUT2D eigenvalue weighted by molar-refractivity contribution is 0.772. The molecule has 11 rings (SSSR count). The summed E-state index contributed by atoms with van der Waals surface area (Å²) in [6, 6.07) is 66.6. The van der Waals surface area contributed by atoms with Crippen LogP contribution in [0.25, 0.3) is 99.9 Å². The quantitative estimate of drug-likeness (QED) is 0.162. The van der Waals surface area contributed by atoms with Gasteiger partial charge in [0, 0.05) is 11.3 Å². The van der Waals surface area contributed by atoms with Crippen molar-refractivity contribution in [3.05, 3.63) is 199 Å². The van der Waals surface area contributed by atoms with Gasteiger partial charge in [-0.1, -0.05) is 159 Å². The maximum Gasteiger partial charge on any atom is 0.145 e. The van der Waals surface area contributed by atoms with Crippen LogP contribution in [-0.2, 0) is 0 Å². The van der Waals surface area contributed by atoms with Crippen LogP contribution in [0, 0.1) is 0 Å². The molecule has 0 radical (unpaired) electrons. The molecule has 9 aromatic carbocycles. The van der Waals surface area contributed by atoms with Gasteiger partial charge >= 0.3 is 0 Å². The Labute approximate surface area is 326 Å². The van der Waals surface area contributed by atoms with Gasteiger partial charge in [-0.3, -0.25) is 4.57 Å². The summed E-state index contributed by atoms with van der Waals surface area (Å²) in [6.07, 6.45) is 5.73.